The molecule has 0 spiro atoms. The third-order valence-electron chi connectivity index (χ3n) is 4.87. The number of rotatable bonds is 3. The third-order valence-corrected chi connectivity index (χ3v) is 6.11. The fourth-order valence-electron chi connectivity index (χ4n) is 3.40. The molecule has 162 valence electrons. The van der Waals surface area contributed by atoms with Gasteiger partial charge in [-0.15, -0.1) is 36.5 Å². The second-order valence-electron chi connectivity index (χ2n) is 6.63. The lowest BCUT2D eigenvalue weighted by Gasteiger charge is -2.18. The summed E-state index contributed by atoms with van der Waals surface area (Å²) in [5.41, 5.74) is -1.92. The predicted octanol–water partition coefficient (Wildman–Crippen LogP) is 4.13. The SMILES string of the molecule is CC(c1cccc2c1nnn2C(F)(F)F)(c1cccc2c1nnn2C(F)(F)F)[P+](=O)O. The third kappa shape index (κ3) is 3.13. The molecular formula is C16H10F6N6O2P+. The Kier molecular flexibility index (Phi) is 4.56. The monoisotopic (exact) mass is 463 g/mol. The summed E-state index contributed by atoms with van der Waals surface area (Å²) in [6.07, 6.45) is -9.80. The molecule has 1 atom stereocenters. The van der Waals surface area contributed by atoms with Gasteiger partial charge in [0.05, 0.1) is 11.0 Å². The summed E-state index contributed by atoms with van der Waals surface area (Å²) in [4.78, 5) is 10.2. The van der Waals surface area contributed by atoms with E-state index in [0.29, 0.717) is 0 Å². The minimum atomic E-state index is -4.90. The second kappa shape index (κ2) is 6.69. The summed E-state index contributed by atoms with van der Waals surface area (Å²) in [5.74, 6) is 0. The molecule has 4 aromatic rings. The molecule has 1 N–H and O–H groups in total. The molecule has 2 heterocycles. The summed E-state index contributed by atoms with van der Waals surface area (Å²) >= 11 is 0. The molecule has 1 unspecified atom stereocenters. The van der Waals surface area contributed by atoms with Gasteiger partial charge in [0.25, 0.3) is 0 Å². The highest BCUT2D eigenvalue weighted by molar-refractivity contribution is 7.40. The molecule has 0 bridgehead atoms. The smallest absolute Gasteiger partial charge is 0.160 e. The van der Waals surface area contributed by atoms with Gasteiger partial charge in [-0.3, -0.25) is 0 Å². The van der Waals surface area contributed by atoms with Gasteiger partial charge in [0.2, 0.25) is 5.16 Å². The topological polar surface area (TPSA) is 98.7 Å². The van der Waals surface area contributed by atoms with Gasteiger partial charge in [-0.25, -0.2) is 0 Å². The van der Waals surface area contributed by atoms with Gasteiger partial charge in [0.15, 0.2) is 0 Å². The number of halogens is 6. The first kappa shape index (κ1) is 21.1. The van der Waals surface area contributed by atoms with Crippen LogP contribution >= 0.6 is 8.03 Å². The van der Waals surface area contributed by atoms with Crippen molar-refractivity contribution < 1.29 is 35.8 Å². The van der Waals surface area contributed by atoms with E-state index in [9.17, 15) is 35.8 Å². The standard InChI is InChI=1S/C16H9F6N6O2P/c1-14(31(29)30,8-4-2-6-10-12(8)23-25-27(10)15(17,18)19)9-5-3-7-11-13(9)24-26-28(11)16(20,21)22/h2-7H,1H3/p+1. The van der Waals surface area contributed by atoms with Crippen LogP contribution in [0, 0.1) is 0 Å². The van der Waals surface area contributed by atoms with Gasteiger partial charge in [-0.05, 0) is 23.6 Å². The first-order valence-electron chi connectivity index (χ1n) is 8.37. The largest absolute Gasteiger partial charge is 0.521 e. The van der Waals surface area contributed by atoms with Crippen molar-refractivity contribution in [1.82, 2.24) is 30.0 Å². The fraction of sp³-hybridized carbons (Fsp3) is 0.250. The minimum absolute atomic E-state index is 0.141. The summed E-state index contributed by atoms with van der Waals surface area (Å²) in [7, 11) is -3.25. The van der Waals surface area contributed by atoms with Crippen LogP contribution in [0.3, 0.4) is 0 Å². The first-order chi connectivity index (χ1) is 14.4. The maximum Gasteiger partial charge on any atom is 0.521 e. The molecule has 2 aromatic heterocycles. The Morgan fingerprint density at radius 3 is 1.52 bits per heavy atom. The number of benzene rings is 2. The molecule has 31 heavy (non-hydrogen) atoms. The van der Waals surface area contributed by atoms with Crippen LogP contribution in [0.15, 0.2) is 36.4 Å². The lowest BCUT2D eigenvalue weighted by Crippen LogP contribution is -2.21. The Labute approximate surface area is 168 Å². The fourth-order valence-corrected chi connectivity index (χ4v) is 4.17. The molecule has 0 saturated carbocycles. The van der Waals surface area contributed by atoms with E-state index in [0.717, 1.165) is 12.1 Å². The molecule has 0 saturated heterocycles. The summed E-state index contributed by atoms with van der Waals surface area (Å²) in [6, 6.07) is 7.05. The highest BCUT2D eigenvalue weighted by Crippen LogP contribution is 2.52. The second-order valence-corrected chi connectivity index (χ2v) is 8.07. The van der Waals surface area contributed by atoms with Gasteiger partial charge in [0.1, 0.15) is 11.0 Å². The van der Waals surface area contributed by atoms with Crippen LogP contribution < -0.4 is 0 Å². The van der Waals surface area contributed by atoms with E-state index in [-0.39, 0.29) is 31.5 Å². The molecule has 0 radical (unpaired) electrons. The molecule has 0 aliphatic rings. The number of alkyl halides is 6. The zero-order chi connectivity index (χ0) is 22.8. The van der Waals surface area contributed by atoms with Crippen molar-refractivity contribution in [3.05, 3.63) is 47.5 Å². The molecule has 0 fully saturated rings. The molecule has 0 amide bonds. The molecule has 0 aliphatic carbocycles. The van der Waals surface area contributed by atoms with Crippen LogP contribution in [0.1, 0.15) is 18.1 Å². The van der Waals surface area contributed by atoms with Gasteiger partial charge in [0, 0.05) is 11.1 Å². The minimum Gasteiger partial charge on any atom is -0.160 e. The van der Waals surface area contributed by atoms with Gasteiger partial charge >= 0.3 is 20.6 Å². The molecule has 4 rings (SSSR count). The number of hydrogen-bond acceptors (Lipinski definition) is 5. The van der Waals surface area contributed by atoms with Gasteiger partial charge in [-0.2, -0.15) is 14.3 Å². The van der Waals surface area contributed by atoms with Crippen LogP contribution in [-0.4, -0.2) is 34.9 Å². The summed E-state index contributed by atoms with van der Waals surface area (Å²) in [5, 5.41) is 11.2. The molecule has 8 nitrogen and oxygen atoms in total. The van der Waals surface area contributed by atoms with Crippen molar-refractivity contribution in [2.75, 3.05) is 0 Å². The Bertz CT molecular complexity index is 1240. The Balaban J connectivity index is 2.04. The maximum atomic E-state index is 13.2. The van der Waals surface area contributed by atoms with E-state index in [1.54, 1.807) is 0 Å². The lowest BCUT2D eigenvalue weighted by molar-refractivity contribution is -0.210. The highest BCUT2D eigenvalue weighted by Gasteiger charge is 2.52. The van der Waals surface area contributed by atoms with Crippen molar-refractivity contribution in [3.63, 3.8) is 0 Å². The van der Waals surface area contributed by atoms with Crippen molar-refractivity contribution in [2.24, 2.45) is 0 Å². The number of aromatic nitrogens is 6. The molecular weight excluding hydrogens is 453 g/mol. The first-order valence-corrected chi connectivity index (χ1v) is 9.58. The molecule has 15 heteroatoms. The Hall–Kier alpha value is -3.12. The van der Waals surface area contributed by atoms with E-state index in [1.807, 2.05) is 0 Å². The average molecular weight is 463 g/mol. The van der Waals surface area contributed by atoms with E-state index in [2.05, 4.69) is 20.6 Å². The van der Waals surface area contributed by atoms with Crippen molar-refractivity contribution in [1.29, 1.82) is 0 Å². The van der Waals surface area contributed by atoms with Crippen LogP contribution in [0.2, 0.25) is 0 Å². The predicted molar refractivity (Wildman–Crippen MR) is 93.9 cm³/mol. The Morgan fingerprint density at radius 2 is 1.19 bits per heavy atom. The van der Waals surface area contributed by atoms with Crippen molar-refractivity contribution in [2.45, 2.75) is 24.7 Å². The number of nitrogens with zero attached hydrogens (tertiary/aromatic N) is 6. The van der Waals surface area contributed by atoms with E-state index < -0.39 is 36.8 Å². The van der Waals surface area contributed by atoms with Crippen LogP contribution in [0.4, 0.5) is 26.3 Å². The lowest BCUT2D eigenvalue weighted by atomic mass is 9.90. The van der Waals surface area contributed by atoms with Crippen LogP contribution in [0.25, 0.3) is 22.1 Å². The van der Waals surface area contributed by atoms with Gasteiger partial charge in [-0.1, -0.05) is 34.7 Å². The summed E-state index contributed by atoms with van der Waals surface area (Å²) in [6.45, 7) is 1.20. The Morgan fingerprint density at radius 1 is 0.806 bits per heavy atom. The van der Waals surface area contributed by atoms with Crippen molar-refractivity contribution >= 4 is 30.1 Å². The zero-order valence-electron chi connectivity index (χ0n) is 15.2. The molecule has 0 aliphatic heterocycles. The zero-order valence-corrected chi connectivity index (χ0v) is 16.1. The van der Waals surface area contributed by atoms with Crippen molar-refractivity contribution in [3.8, 4) is 0 Å². The quantitative estimate of drug-likeness (QED) is 0.363. The normalized spacial score (nSPS) is 13.9. The number of fused-ring (bicyclic) bond motifs is 2. The van der Waals surface area contributed by atoms with Gasteiger partial charge < -0.3 is 0 Å². The average Bonchev–Trinajstić information content (AvgIpc) is 3.30. The van der Waals surface area contributed by atoms with E-state index in [1.165, 1.54) is 31.2 Å². The highest BCUT2D eigenvalue weighted by atomic mass is 31.1. The summed E-state index contributed by atoms with van der Waals surface area (Å²) < 4.78 is 91.2. The number of hydrogen-bond donors (Lipinski definition) is 1. The van der Waals surface area contributed by atoms with E-state index >= 15 is 0 Å². The van der Waals surface area contributed by atoms with Crippen LogP contribution in [0.5, 0.6) is 0 Å². The maximum absolute atomic E-state index is 13.2. The van der Waals surface area contributed by atoms with E-state index in [4.69, 9.17) is 0 Å². The molecule has 2 aromatic carbocycles. The van der Waals surface area contributed by atoms with Crippen LogP contribution in [-0.2, 0) is 22.3 Å².